The number of rotatable bonds is 2. The van der Waals surface area contributed by atoms with Crippen LogP contribution in [0.4, 0.5) is 26.3 Å². The van der Waals surface area contributed by atoms with Crippen LogP contribution in [-0.2, 0) is 18.8 Å². The van der Waals surface area contributed by atoms with E-state index in [9.17, 15) is 26.3 Å². The van der Waals surface area contributed by atoms with E-state index in [0.29, 0.717) is 18.1 Å². The van der Waals surface area contributed by atoms with Crippen LogP contribution in [0.1, 0.15) is 23.1 Å². The molecule has 0 atom stereocenters. The number of halogens is 6. The molecule has 0 saturated heterocycles. The van der Waals surface area contributed by atoms with Gasteiger partial charge in [-0.05, 0) is 24.1 Å². The molecule has 7 heteroatoms. The zero-order valence-corrected chi connectivity index (χ0v) is 11.1. The molecule has 2 rings (SSSR count). The van der Waals surface area contributed by atoms with E-state index in [4.69, 9.17) is 0 Å². The minimum absolute atomic E-state index is 0. The van der Waals surface area contributed by atoms with Gasteiger partial charge in [-0.25, -0.2) is 11.6 Å². The fraction of sp³-hybridized carbons (Fsp3) is 0.286. The zero-order valence-electron chi connectivity index (χ0n) is 11.1. The Morgan fingerprint density at radius 2 is 1.67 bits per heavy atom. The summed E-state index contributed by atoms with van der Waals surface area (Å²) in [6, 6.07) is 1.71. The van der Waals surface area contributed by atoms with E-state index in [1.54, 1.807) is 12.2 Å². The third-order valence-corrected chi connectivity index (χ3v) is 2.89. The minimum atomic E-state index is -4.82. The molecule has 1 aliphatic rings. The average Bonchev–Trinajstić information content (AvgIpc) is 2.79. The molecule has 0 bridgehead atoms. The molecular weight excluding hydrogens is 289 g/mol. The van der Waals surface area contributed by atoms with Crippen molar-refractivity contribution in [3.63, 3.8) is 0 Å². The maximum absolute atomic E-state index is 12.9. The molecule has 0 saturated carbocycles. The first-order valence-electron chi connectivity index (χ1n) is 5.71. The average molecular weight is 298 g/mol. The van der Waals surface area contributed by atoms with Gasteiger partial charge in [-0.3, -0.25) is 6.08 Å². The maximum Gasteiger partial charge on any atom is 1.00 e. The van der Waals surface area contributed by atoms with Gasteiger partial charge in [0.1, 0.15) is 0 Å². The van der Waals surface area contributed by atoms with E-state index < -0.39 is 23.5 Å². The van der Waals surface area contributed by atoms with Gasteiger partial charge >= 0.3 is 31.2 Å². The van der Waals surface area contributed by atoms with Crippen LogP contribution in [0.15, 0.2) is 35.9 Å². The Kier molecular flexibility index (Phi) is 5.40. The molecule has 0 N–H and O–H groups in total. The molecule has 0 spiro atoms. The Bertz CT molecular complexity index is 566. The van der Waals surface area contributed by atoms with Gasteiger partial charge in [-0.1, -0.05) is 6.07 Å². The third kappa shape index (κ3) is 4.42. The maximum atomic E-state index is 12.9. The van der Waals surface area contributed by atoms with Crippen molar-refractivity contribution in [2.45, 2.75) is 25.2 Å². The largest absolute Gasteiger partial charge is 1.00 e. The molecule has 0 aliphatic heterocycles. The first kappa shape index (κ1) is 17.9. The predicted octanol–water partition coefficient (Wildman–Crippen LogP) is 1.96. The Labute approximate surface area is 129 Å². The SMILES string of the molecule is FC(F)(F)c1ccc(CC2=[C-]CC=C2)c(C(F)(F)F)c1.[Li+]. The van der Waals surface area contributed by atoms with Crippen LogP contribution in [0.2, 0.25) is 0 Å². The van der Waals surface area contributed by atoms with E-state index in [-0.39, 0.29) is 36.9 Å². The molecule has 108 valence electrons. The monoisotopic (exact) mass is 298 g/mol. The summed E-state index contributed by atoms with van der Waals surface area (Å²) in [4.78, 5) is 0. The molecule has 0 aromatic heterocycles. The van der Waals surface area contributed by atoms with Crippen molar-refractivity contribution >= 4 is 0 Å². The predicted molar refractivity (Wildman–Crippen MR) is 60.7 cm³/mol. The van der Waals surface area contributed by atoms with Gasteiger partial charge in [0, 0.05) is 0 Å². The summed E-state index contributed by atoms with van der Waals surface area (Å²) < 4.78 is 76.1. The second-order valence-electron chi connectivity index (χ2n) is 4.35. The van der Waals surface area contributed by atoms with Crippen LogP contribution in [0.25, 0.3) is 0 Å². The van der Waals surface area contributed by atoms with Crippen LogP contribution < -0.4 is 18.9 Å². The first-order chi connectivity index (χ1) is 9.18. The molecule has 0 unspecified atom stereocenters. The second kappa shape index (κ2) is 6.33. The summed E-state index contributed by atoms with van der Waals surface area (Å²) in [5.41, 5.74) is -2.18. The van der Waals surface area contributed by atoms with Crippen molar-refractivity contribution in [3.05, 3.63) is 58.7 Å². The van der Waals surface area contributed by atoms with Gasteiger partial charge in [0.2, 0.25) is 0 Å². The summed E-state index contributed by atoms with van der Waals surface area (Å²) in [7, 11) is 0. The van der Waals surface area contributed by atoms with Crippen LogP contribution in [-0.4, -0.2) is 0 Å². The molecule has 1 aromatic carbocycles. The van der Waals surface area contributed by atoms with Crippen molar-refractivity contribution < 1.29 is 45.2 Å². The van der Waals surface area contributed by atoms with E-state index in [0.717, 1.165) is 6.07 Å². The molecule has 1 aliphatic carbocycles. The van der Waals surface area contributed by atoms with Gasteiger partial charge in [0.05, 0.1) is 11.1 Å². The second-order valence-corrected chi connectivity index (χ2v) is 4.35. The summed E-state index contributed by atoms with van der Waals surface area (Å²) in [5.74, 6) is 0. The van der Waals surface area contributed by atoms with Gasteiger partial charge in [-0.15, -0.1) is 6.42 Å². The summed E-state index contributed by atoms with van der Waals surface area (Å²) in [6.07, 6.45) is -2.99. The molecule has 0 fully saturated rings. The van der Waals surface area contributed by atoms with Gasteiger partial charge in [0.25, 0.3) is 0 Å². The van der Waals surface area contributed by atoms with Gasteiger partial charge < -0.3 is 0 Å². The van der Waals surface area contributed by atoms with Gasteiger partial charge in [-0.2, -0.15) is 32.4 Å². The zero-order chi connectivity index (χ0) is 15.0. The summed E-state index contributed by atoms with van der Waals surface area (Å²) >= 11 is 0. The molecule has 0 amide bonds. The Hall–Kier alpha value is -1.12. The fourth-order valence-corrected chi connectivity index (χ4v) is 1.95. The standard InChI is InChI=1S/C14H9F6.Li/c15-13(16,17)11-6-5-10(7-9-3-1-2-4-9)12(8-11)14(18,19)20;/h1,3,5-6,8H,2,7H2;/q-1;+1. The molecular formula is C14H9F6Li. The minimum Gasteiger partial charge on any atom is -0.269 e. The Morgan fingerprint density at radius 1 is 1.00 bits per heavy atom. The number of alkyl halides is 6. The van der Waals surface area contributed by atoms with Gasteiger partial charge in [0.15, 0.2) is 0 Å². The van der Waals surface area contributed by atoms with Crippen LogP contribution >= 0.6 is 0 Å². The van der Waals surface area contributed by atoms with E-state index in [2.05, 4.69) is 6.08 Å². The summed E-state index contributed by atoms with van der Waals surface area (Å²) in [6.45, 7) is 0. The number of hydrogen-bond acceptors (Lipinski definition) is 0. The van der Waals surface area contributed by atoms with Crippen molar-refractivity contribution in [3.8, 4) is 0 Å². The van der Waals surface area contributed by atoms with Crippen LogP contribution in [0.5, 0.6) is 0 Å². The van der Waals surface area contributed by atoms with E-state index >= 15 is 0 Å². The molecule has 21 heavy (non-hydrogen) atoms. The number of hydrogen-bond donors (Lipinski definition) is 0. The Morgan fingerprint density at radius 3 is 2.14 bits per heavy atom. The van der Waals surface area contributed by atoms with E-state index in [1.807, 2.05) is 0 Å². The summed E-state index contributed by atoms with van der Waals surface area (Å²) in [5, 5.41) is 0. The first-order valence-corrected chi connectivity index (χ1v) is 5.71. The molecule has 0 radical (unpaired) electrons. The number of benzene rings is 1. The molecule has 0 heterocycles. The Balaban J connectivity index is 0.00000220. The van der Waals surface area contributed by atoms with Crippen molar-refractivity contribution in [1.82, 2.24) is 0 Å². The molecule has 1 aromatic rings. The van der Waals surface area contributed by atoms with Crippen molar-refractivity contribution in [1.29, 1.82) is 0 Å². The smallest absolute Gasteiger partial charge is 0.269 e. The van der Waals surface area contributed by atoms with E-state index in [1.165, 1.54) is 0 Å². The number of allylic oxidation sites excluding steroid dienone is 4. The van der Waals surface area contributed by atoms with Crippen LogP contribution in [0, 0.1) is 6.08 Å². The molecule has 0 nitrogen and oxygen atoms in total. The topological polar surface area (TPSA) is 0 Å². The van der Waals surface area contributed by atoms with Crippen molar-refractivity contribution in [2.24, 2.45) is 0 Å². The van der Waals surface area contributed by atoms with Crippen molar-refractivity contribution in [2.75, 3.05) is 0 Å². The van der Waals surface area contributed by atoms with Crippen LogP contribution in [0.3, 0.4) is 0 Å². The normalized spacial score (nSPS) is 14.9. The fourth-order valence-electron chi connectivity index (χ4n) is 1.95. The quantitative estimate of drug-likeness (QED) is 0.445. The third-order valence-electron chi connectivity index (χ3n) is 2.89.